The molecule has 0 unspecified atom stereocenters. The highest BCUT2D eigenvalue weighted by molar-refractivity contribution is 6.30. The van der Waals surface area contributed by atoms with Crippen LogP contribution in [-0.4, -0.2) is 83.9 Å². The van der Waals surface area contributed by atoms with Gasteiger partial charge in [-0.2, -0.15) is 0 Å². The molecule has 0 radical (unpaired) electrons. The molecular formula is C26H32ClF2N7O4. The lowest BCUT2D eigenvalue weighted by Gasteiger charge is -2.51. The molecule has 4 fully saturated rings. The Kier molecular flexibility index (Phi) is 7.16. The second kappa shape index (κ2) is 10.4. The van der Waals surface area contributed by atoms with E-state index in [-0.39, 0.29) is 27.4 Å². The minimum Gasteiger partial charge on any atom is -0.394 e. The van der Waals surface area contributed by atoms with Crippen molar-refractivity contribution in [2.45, 2.75) is 86.5 Å². The number of aromatic nitrogens is 6. The molecule has 2 bridgehead atoms. The van der Waals surface area contributed by atoms with Gasteiger partial charge in [0.1, 0.15) is 30.0 Å². The number of hydrogen-bond donors (Lipinski definition) is 3. The van der Waals surface area contributed by atoms with Crippen LogP contribution < -0.4 is 5.73 Å². The molecule has 4 N–H and O–H groups in total. The van der Waals surface area contributed by atoms with E-state index >= 15 is 0 Å². The number of halogens is 3. The molecule has 2 aromatic heterocycles. The van der Waals surface area contributed by atoms with Crippen molar-refractivity contribution in [1.29, 1.82) is 0 Å². The van der Waals surface area contributed by atoms with Crippen LogP contribution in [0.5, 0.6) is 0 Å². The largest absolute Gasteiger partial charge is 0.394 e. The van der Waals surface area contributed by atoms with Gasteiger partial charge in [0.2, 0.25) is 0 Å². The van der Waals surface area contributed by atoms with Crippen LogP contribution in [0.1, 0.15) is 50.3 Å². The van der Waals surface area contributed by atoms with Gasteiger partial charge in [0, 0.05) is 30.8 Å². The second-order valence-electron chi connectivity index (χ2n) is 11.3. The van der Waals surface area contributed by atoms with Gasteiger partial charge in [-0.3, -0.25) is 0 Å². The fraction of sp³-hybridized carbons (Fsp3) is 0.615. The molecule has 1 aromatic carbocycles. The van der Waals surface area contributed by atoms with E-state index in [9.17, 15) is 19.0 Å². The number of hydrogen-bond acceptors (Lipinski definition) is 9. The smallest absolute Gasteiger partial charge is 0.178 e. The summed E-state index contributed by atoms with van der Waals surface area (Å²) in [6.07, 6.45) is 5.82. The summed E-state index contributed by atoms with van der Waals surface area (Å²) in [5.74, 6) is -2.34. The number of nitrogens with two attached hydrogens (primary N) is 1. The molecule has 3 aliphatic carbocycles. The molecule has 216 valence electrons. The van der Waals surface area contributed by atoms with Crippen LogP contribution in [0.25, 0.3) is 11.3 Å². The number of fused-ring (bicyclic) bond motifs is 3. The first kappa shape index (κ1) is 27.6. The van der Waals surface area contributed by atoms with Gasteiger partial charge in [0.15, 0.2) is 11.6 Å². The molecule has 14 heteroatoms. The predicted molar refractivity (Wildman–Crippen MR) is 138 cm³/mol. The summed E-state index contributed by atoms with van der Waals surface area (Å²) in [6.45, 7) is -0.459. The number of ether oxygens (including phenoxy) is 2. The van der Waals surface area contributed by atoms with E-state index in [0.717, 1.165) is 38.5 Å². The Morgan fingerprint density at radius 2 is 1.80 bits per heavy atom. The van der Waals surface area contributed by atoms with Gasteiger partial charge in [-0.05, 0) is 50.7 Å². The van der Waals surface area contributed by atoms with E-state index in [4.69, 9.17) is 26.8 Å². The van der Waals surface area contributed by atoms with Gasteiger partial charge < -0.3 is 25.4 Å². The Balaban J connectivity index is 1.26. The topological polar surface area (TPSA) is 146 Å². The van der Waals surface area contributed by atoms with Crippen LogP contribution in [0.2, 0.25) is 5.02 Å². The van der Waals surface area contributed by atoms with E-state index in [1.165, 1.54) is 30.1 Å². The molecule has 40 heavy (non-hydrogen) atoms. The number of benzene rings is 1. The van der Waals surface area contributed by atoms with E-state index in [1.807, 2.05) is 10.9 Å². The molecule has 0 spiro atoms. The quantitative estimate of drug-likeness (QED) is 0.358. The summed E-state index contributed by atoms with van der Waals surface area (Å²) in [7, 11) is 1.48. The zero-order valence-electron chi connectivity index (χ0n) is 22.0. The van der Waals surface area contributed by atoms with Crippen molar-refractivity contribution < 1.29 is 28.5 Å². The Morgan fingerprint density at radius 1 is 1.07 bits per heavy atom. The maximum Gasteiger partial charge on any atom is 0.178 e. The van der Waals surface area contributed by atoms with E-state index < -0.39 is 48.7 Å². The summed E-state index contributed by atoms with van der Waals surface area (Å²) in [4.78, 5) is 0. The number of nitrogens with zero attached hydrogens (tertiary/aromatic N) is 6. The van der Waals surface area contributed by atoms with Crippen molar-refractivity contribution in [3.63, 3.8) is 0 Å². The molecule has 1 saturated heterocycles. The van der Waals surface area contributed by atoms with Crippen molar-refractivity contribution in [1.82, 2.24) is 30.0 Å². The third kappa shape index (κ3) is 4.62. The number of methoxy groups -OCH3 is 1. The summed E-state index contributed by atoms with van der Waals surface area (Å²) in [6, 6.07) is 1.68. The summed E-state index contributed by atoms with van der Waals surface area (Å²) in [5, 5.41) is 37.7. The maximum atomic E-state index is 14.6. The average molecular weight is 580 g/mol. The zero-order valence-corrected chi connectivity index (χ0v) is 22.7. The van der Waals surface area contributed by atoms with Crippen LogP contribution >= 0.6 is 11.6 Å². The summed E-state index contributed by atoms with van der Waals surface area (Å²) in [5.41, 5.74) is 6.93. The van der Waals surface area contributed by atoms with Crippen molar-refractivity contribution in [2.24, 2.45) is 5.73 Å². The van der Waals surface area contributed by atoms with Crippen molar-refractivity contribution in [3.05, 3.63) is 46.9 Å². The fourth-order valence-corrected chi connectivity index (χ4v) is 6.71. The predicted octanol–water partition coefficient (Wildman–Crippen LogP) is 2.15. The standard InChI is InChI=1S/C26H32ClF2N7O4/c1-39-24-18(10-14-11-36(34-31-14)26-7-4-25(30,5-8-26)6-9-26)40-19(13-37)23(38)22(24)35-12-17(32-33-35)15-2-3-16(27)21(29)20(15)28/h2-3,11-12,18-19,22-24,37-38H,4-10,13,30H2,1H3/t18-,19-,22+,23+,24+,25?,26?/m1/s1. The van der Waals surface area contributed by atoms with Gasteiger partial charge in [0.25, 0.3) is 0 Å². The van der Waals surface area contributed by atoms with Gasteiger partial charge in [0.05, 0.1) is 35.2 Å². The highest BCUT2D eigenvalue weighted by atomic mass is 35.5. The lowest BCUT2D eigenvalue weighted by Crippen LogP contribution is -2.57. The van der Waals surface area contributed by atoms with Crippen LogP contribution in [0, 0.1) is 11.6 Å². The average Bonchev–Trinajstić information content (AvgIpc) is 3.63. The first-order chi connectivity index (χ1) is 19.2. The lowest BCUT2D eigenvalue weighted by molar-refractivity contribution is -0.212. The van der Waals surface area contributed by atoms with Gasteiger partial charge in [-0.1, -0.05) is 22.0 Å². The first-order valence-corrected chi connectivity index (χ1v) is 13.8. The molecule has 5 atom stereocenters. The van der Waals surface area contributed by atoms with Gasteiger partial charge in [-0.25, -0.2) is 18.1 Å². The third-order valence-electron chi connectivity index (χ3n) is 9.06. The minimum atomic E-state index is -1.23. The highest BCUT2D eigenvalue weighted by Gasteiger charge is 2.49. The van der Waals surface area contributed by atoms with E-state index in [0.29, 0.717) is 12.1 Å². The Morgan fingerprint density at radius 3 is 2.48 bits per heavy atom. The monoisotopic (exact) mass is 579 g/mol. The van der Waals surface area contributed by atoms with Crippen LogP contribution in [0.3, 0.4) is 0 Å². The SMILES string of the molecule is CO[C@@H]1[C@@H](n2cc(-c3ccc(Cl)c(F)c3F)nn2)[C@@H](O)[C@@H](CO)O[C@@H]1Cc1cn(C23CCC(N)(CC2)CC3)nn1. The summed E-state index contributed by atoms with van der Waals surface area (Å²) < 4.78 is 43.8. The van der Waals surface area contributed by atoms with Gasteiger partial charge in [-0.15, -0.1) is 10.2 Å². The lowest BCUT2D eigenvalue weighted by atomic mass is 9.62. The molecule has 4 aliphatic rings. The van der Waals surface area contributed by atoms with Crippen molar-refractivity contribution in [2.75, 3.05) is 13.7 Å². The maximum absolute atomic E-state index is 14.6. The van der Waals surface area contributed by atoms with Crippen LogP contribution in [-0.2, 0) is 21.4 Å². The molecule has 11 nitrogen and oxygen atoms in total. The number of aliphatic hydroxyl groups is 2. The molecule has 7 rings (SSSR count). The minimum absolute atomic E-state index is 0.0439. The molecule has 1 aliphatic heterocycles. The van der Waals surface area contributed by atoms with Crippen LogP contribution in [0.4, 0.5) is 8.78 Å². The molecular weight excluding hydrogens is 548 g/mol. The van der Waals surface area contributed by atoms with E-state index in [1.54, 1.807) is 0 Å². The first-order valence-electron chi connectivity index (χ1n) is 13.4. The Labute approximate surface area is 234 Å². The second-order valence-corrected chi connectivity index (χ2v) is 11.7. The number of rotatable bonds is 7. The molecule has 0 amide bonds. The normalized spacial score (nSPS) is 33.9. The van der Waals surface area contributed by atoms with Crippen LogP contribution in [0.15, 0.2) is 24.5 Å². The summed E-state index contributed by atoms with van der Waals surface area (Å²) >= 11 is 5.68. The third-order valence-corrected chi connectivity index (χ3v) is 9.36. The van der Waals surface area contributed by atoms with Crippen molar-refractivity contribution >= 4 is 11.6 Å². The number of aliphatic hydroxyl groups excluding tert-OH is 2. The molecule has 3 aromatic rings. The fourth-order valence-electron chi connectivity index (χ4n) is 6.57. The van der Waals surface area contributed by atoms with Gasteiger partial charge >= 0.3 is 0 Å². The highest BCUT2D eigenvalue weighted by Crippen LogP contribution is 2.49. The Bertz CT molecular complexity index is 1360. The zero-order chi connectivity index (χ0) is 28.2. The van der Waals surface area contributed by atoms with Crippen molar-refractivity contribution in [3.8, 4) is 11.3 Å². The Hall–Kier alpha value is -2.55. The molecule has 3 heterocycles. The van der Waals surface area contributed by atoms with E-state index in [2.05, 4.69) is 20.6 Å². The molecule has 3 saturated carbocycles.